The Morgan fingerprint density at radius 3 is 1.95 bits per heavy atom. The first-order valence-electron chi connectivity index (χ1n) is 5.23. The SMILES string of the molecule is O=S(=O)(Nc1ccc(F)c(F)c1)c1c(F)cccc1F. The van der Waals surface area contributed by atoms with Crippen LogP contribution in [0.25, 0.3) is 0 Å². The Labute approximate surface area is 111 Å². The van der Waals surface area contributed by atoms with Crippen LogP contribution in [0.4, 0.5) is 23.2 Å². The number of rotatable bonds is 3. The molecule has 0 aliphatic rings. The Balaban J connectivity index is 2.43. The summed E-state index contributed by atoms with van der Waals surface area (Å²) < 4.78 is 77.9. The monoisotopic (exact) mass is 305 g/mol. The largest absolute Gasteiger partial charge is 0.279 e. The van der Waals surface area contributed by atoms with E-state index in [0.717, 1.165) is 24.3 Å². The van der Waals surface area contributed by atoms with Gasteiger partial charge >= 0.3 is 0 Å². The van der Waals surface area contributed by atoms with Crippen LogP contribution < -0.4 is 4.72 Å². The third-order valence-electron chi connectivity index (χ3n) is 2.36. The van der Waals surface area contributed by atoms with Gasteiger partial charge in [0.1, 0.15) is 11.6 Å². The maximum absolute atomic E-state index is 13.4. The van der Waals surface area contributed by atoms with E-state index in [-0.39, 0.29) is 5.69 Å². The molecule has 0 unspecified atom stereocenters. The summed E-state index contributed by atoms with van der Waals surface area (Å²) in [6, 6.07) is 4.71. The van der Waals surface area contributed by atoms with Crippen molar-refractivity contribution < 1.29 is 26.0 Å². The van der Waals surface area contributed by atoms with Gasteiger partial charge in [-0.15, -0.1) is 0 Å². The van der Waals surface area contributed by atoms with Crippen LogP contribution in [0, 0.1) is 23.3 Å². The van der Waals surface area contributed by atoms with E-state index < -0.39 is 38.2 Å². The van der Waals surface area contributed by atoms with Gasteiger partial charge in [0, 0.05) is 6.07 Å². The Hall–Kier alpha value is -2.09. The van der Waals surface area contributed by atoms with Gasteiger partial charge in [-0.2, -0.15) is 0 Å². The number of sulfonamides is 1. The van der Waals surface area contributed by atoms with Crippen LogP contribution in [0.2, 0.25) is 0 Å². The highest BCUT2D eigenvalue weighted by Gasteiger charge is 2.24. The molecule has 2 aromatic carbocycles. The predicted molar refractivity (Wildman–Crippen MR) is 63.5 cm³/mol. The van der Waals surface area contributed by atoms with E-state index in [9.17, 15) is 26.0 Å². The standard InChI is InChI=1S/C12H7F4NO2S/c13-8-5-4-7(6-11(8)16)17-20(18,19)12-9(14)2-1-3-10(12)15/h1-6,17H. The second-order valence-corrected chi connectivity index (χ2v) is 5.40. The summed E-state index contributed by atoms with van der Waals surface area (Å²) in [5.74, 6) is -5.05. The van der Waals surface area contributed by atoms with Crippen LogP contribution in [0.3, 0.4) is 0 Å². The Bertz CT molecular complexity index is 742. The molecule has 0 radical (unpaired) electrons. The molecule has 0 heterocycles. The first kappa shape index (κ1) is 14.3. The maximum Gasteiger partial charge on any atom is 0.267 e. The Kier molecular flexibility index (Phi) is 3.67. The second-order valence-electron chi connectivity index (χ2n) is 3.79. The van der Waals surface area contributed by atoms with Crippen LogP contribution in [-0.2, 0) is 10.0 Å². The molecule has 0 atom stereocenters. The molecule has 0 spiro atoms. The average molecular weight is 305 g/mol. The molecule has 20 heavy (non-hydrogen) atoms. The molecule has 0 bridgehead atoms. The lowest BCUT2D eigenvalue weighted by Gasteiger charge is -2.09. The molecule has 0 aromatic heterocycles. The predicted octanol–water partition coefficient (Wildman–Crippen LogP) is 3.04. The highest BCUT2D eigenvalue weighted by molar-refractivity contribution is 7.92. The van der Waals surface area contributed by atoms with Gasteiger partial charge in [0.2, 0.25) is 0 Å². The van der Waals surface area contributed by atoms with Crippen LogP contribution >= 0.6 is 0 Å². The van der Waals surface area contributed by atoms with E-state index in [1.807, 2.05) is 0 Å². The van der Waals surface area contributed by atoms with Gasteiger partial charge in [-0.1, -0.05) is 6.07 Å². The third kappa shape index (κ3) is 2.74. The number of benzene rings is 2. The molecule has 0 fully saturated rings. The van der Waals surface area contributed by atoms with Gasteiger partial charge in [-0.3, -0.25) is 4.72 Å². The zero-order chi connectivity index (χ0) is 14.9. The molecular weight excluding hydrogens is 298 g/mol. The first-order chi connectivity index (χ1) is 9.31. The topological polar surface area (TPSA) is 46.2 Å². The van der Waals surface area contributed by atoms with Crippen molar-refractivity contribution in [3.63, 3.8) is 0 Å². The quantitative estimate of drug-likeness (QED) is 0.886. The molecule has 106 valence electrons. The highest BCUT2D eigenvalue weighted by atomic mass is 32.2. The lowest BCUT2D eigenvalue weighted by Crippen LogP contribution is -2.16. The summed E-state index contributed by atoms with van der Waals surface area (Å²) in [5, 5.41) is 0. The number of hydrogen-bond donors (Lipinski definition) is 1. The van der Waals surface area contributed by atoms with Gasteiger partial charge in [0.05, 0.1) is 5.69 Å². The summed E-state index contributed by atoms with van der Waals surface area (Å²) in [5.41, 5.74) is -0.355. The summed E-state index contributed by atoms with van der Waals surface area (Å²) in [6.45, 7) is 0. The molecule has 0 aliphatic carbocycles. The molecule has 0 amide bonds. The zero-order valence-electron chi connectivity index (χ0n) is 9.70. The lowest BCUT2D eigenvalue weighted by atomic mass is 10.3. The first-order valence-corrected chi connectivity index (χ1v) is 6.71. The van der Waals surface area contributed by atoms with Gasteiger partial charge in [-0.05, 0) is 24.3 Å². The normalized spacial score (nSPS) is 11.4. The van der Waals surface area contributed by atoms with Crippen molar-refractivity contribution in [1.82, 2.24) is 0 Å². The van der Waals surface area contributed by atoms with Gasteiger partial charge in [0.15, 0.2) is 16.5 Å². The smallest absolute Gasteiger partial charge is 0.267 e. The minimum absolute atomic E-state index is 0.355. The zero-order valence-corrected chi connectivity index (χ0v) is 10.5. The van der Waals surface area contributed by atoms with Gasteiger partial charge in [-0.25, -0.2) is 26.0 Å². The fourth-order valence-corrected chi connectivity index (χ4v) is 2.69. The minimum atomic E-state index is -4.59. The van der Waals surface area contributed by atoms with Crippen molar-refractivity contribution in [3.8, 4) is 0 Å². The molecular formula is C12H7F4NO2S. The third-order valence-corrected chi connectivity index (χ3v) is 3.79. The van der Waals surface area contributed by atoms with E-state index in [1.54, 1.807) is 4.72 Å². The minimum Gasteiger partial charge on any atom is -0.279 e. The molecule has 8 heteroatoms. The number of anilines is 1. The van der Waals surface area contributed by atoms with Gasteiger partial charge in [0.25, 0.3) is 10.0 Å². The molecule has 1 N–H and O–H groups in total. The van der Waals surface area contributed by atoms with Crippen molar-refractivity contribution in [2.75, 3.05) is 4.72 Å². The van der Waals surface area contributed by atoms with Crippen LogP contribution in [-0.4, -0.2) is 8.42 Å². The molecule has 0 saturated heterocycles. The number of hydrogen-bond acceptors (Lipinski definition) is 2. The number of nitrogens with one attached hydrogen (secondary N) is 1. The summed E-state index contributed by atoms with van der Waals surface area (Å²) in [6.07, 6.45) is 0. The number of halogens is 4. The fourth-order valence-electron chi connectivity index (χ4n) is 1.51. The van der Waals surface area contributed by atoms with E-state index >= 15 is 0 Å². The molecule has 2 aromatic rings. The molecule has 2 rings (SSSR count). The maximum atomic E-state index is 13.4. The van der Waals surface area contributed by atoms with Crippen molar-refractivity contribution in [2.45, 2.75) is 4.90 Å². The van der Waals surface area contributed by atoms with Crippen molar-refractivity contribution in [1.29, 1.82) is 0 Å². The van der Waals surface area contributed by atoms with Crippen molar-refractivity contribution in [3.05, 3.63) is 59.7 Å². The summed E-state index contributed by atoms with van der Waals surface area (Å²) in [7, 11) is -4.59. The van der Waals surface area contributed by atoms with Crippen molar-refractivity contribution >= 4 is 15.7 Å². The molecule has 0 saturated carbocycles. The Morgan fingerprint density at radius 2 is 1.40 bits per heavy atom. The van der Waals surface area contributed by atoms with E-state index in [2.05, 4.69) is 0 Å². The van der Waals surface area contributed by atoms with Crippen molar-refractivity contribution in [2.24, 2.45) is 0 Å². The fraction of sp³-hybridized carbons (Fsp3) is 0. The Morgan fingerprint density at radius 1 is 0.800 bits per heavy atom. The lowest BCUT2D eigenvalue weighted by molar-refractivity contribution is 0.509. The van der Waals surface area contributed by atoms with E-state index in [4.69, 9.17) is 0 Å². The van der Waals surface area contributed by atoms with Crippen LogP contribution in [0.15, 0.2) is 41.3 Å². The van der Waals surface area contributed by atoms with Crippen LogP contribution in [0.5, 0.6) is 0 Å². The molecule has 0 aliphatic heterocycles. The summed E-state index contributed by atoms with van der Waals surface area (Å²) >= 11 is 0. The highest BCUT2D eigenvalue weighted by Crippen LogP contribution is 2.22. The van der Waals surface area contributed by atoms with Gasteiger partial charge < -0.3 is 0 Å². The average Bonchev–Trinajstić information content (AvgIpc) is 2.33. The van der Waals surface area contributed by atoms with E-state index in [0.29, 0.717) is 12.1 Å². The van der Waals surface area contributed by atoms with E-state index in [1.165, 1.54) is 0 Å². The second kappa shape index (κ2) is 5.12. The van der Waals surface area contributed by atoms with Crippen LogP contribution in [0.1, 0.15) is 0 Å². The summed E-state index contributed by atoms with van der Waals surface area (Å²) in [4.78, 5) is -1.19. The molecule has 3 nitrogen and oxygen atoms in total.